The molecule has 0 radical (unpaired) electrons. The first kappa shape index (κ1) is 11.4. The van der Waals surface area contributed by atoms with Crippen molar-refractivity contribution in [1.82, 2.24) is 4.98 Å². The lowest BCUT2D eigenvalue weighted by Crippen LogP contribution is -1.96. The molecule has 1 aromatic heterocycles. The third kappa shape index (κ3) is 3.17. The Kier molecular flexibility index (Phi) is 3.55. The zero-order valence-corrected chi connectivity index (χ0v) is 9.55. The molecule has 1 aromatic rings. The molecule has 0 N–H and O–H groups in total. The molecule has 0 bridgehead atoms. The first-order valence-electron chi connectivity index (χ1n) is 5.36. The Morgan fingerprint density at radius 1 is 1.41 bits per heavy atom. The Morgan fingerprint density at radius 3 is 2.94 bits per heavy atom. The minimum Gasteiger partial charge on any atom is -0.466 e. The van der Waals surface area contributed by atoms with Gasteiger partial charge in [-0.2, -0.15) is 0 Å². The maximum atomic E-state index is 11.0. The number of pyridine rings is 1. The SMILES string of the molecule is COC(=O)/C=C1\CC/C(=C/c2ccccn2)O1. The van der Waals surface area contributed by atoms with E-state index in [2.05, 4.69) is 9.72 Å². The molecule has 0 spiro atoms. The number of aromatic nitrogens is 1. The quantitative estimate of drug-likeness (QED) is 0.578. The van der Waals surface area contributed by atoms with E-state index in [1.165, 1.54) is 13.2 Å². The fourth-order valence-corrected chi connectivity index (χ4v) is 1.54. The van der Waals surface area contributed by atoms with Crippen LogP contribution < -0.4 is 0 Å². The number of rotatable bonds is 2. The topological polar surface area (TPSA) is 48.4 Å². The number of ether oxygens (including phenoxy) is 2. The molecule has 1 fully saturated rings. The Morgan fingerprint density at radius 2 is 2.24 bits per heavy atom. The van der Waals surface area contributed by atoms with Gasteiger partial charge in [0, 0.05) is 25.1 Å². The maximum absolute atomic E-state index is 11.0. The van der Waals surface area contributed by atoms with Crippen molar-refractivity contribution >= 4 is 12.0 Å². The van der Waals surface area contributed by atoms with Crippen molar-refractivity contribution in [3.8, 4) is 0 Å². The normalized spacial score (nSPS) is 19.4. The van der Waals surface area contributed by atoms with Crippen LogP contribution in [0.3, 0.4) is 0 Å². The second-order valence-electron chi connectivity index (χ2n) is 3.60. The number of nitrogens with zero attached hydrogens (tertiary/aromatic N) is 1. The van der Waals surface area contributed by atoms with E-state index in [0.717, 1.165) is 17.9 Å². The summed E-state index contributed by atoms with van der Waals surface area (Å²) in [5.74, 6) is 1.07. The van der Waals surface area contributed by atoms with Crippen molar-refractivity contribution in [1.29, 1.82) is 0 Å². The van der Waals surface area contributed by atoms with Gasteiger partial charge >= 0.3 is 5.97 Å². The number of esters is 1. The molecule has 4 heteroatoms. The molecule has 88 valence electrons. The summed E-state index contributed by atoms with van der Waals surface area (Å²) in [6, 6.07) is 5.68. The van der Waals surface area contributed by atoms with Crippen molar-refractivity contribution in [2.24, 2.45) is 0 Å². The van der Waals surface area contributed by atoms with Crippen molar-refractivity contribution in [2.75, 3.05) is 7.11 Å². The van der Waals surface area contributed by atoms with Gasteiger partial charge in [0.1, 0.15) is 11.5 Å². The first-order chi connectivity index (χ1) is 8.28. The van der Waals surface area contributed by atoms with Crippen LogP contribution in [0.5, 0.6) is 0 Å². The lowest BCUT2D eigenvalue weighted by molar-refractivity contribution is -0.135. The van der Waals surface area contributed by atoms with E-state index < -0.39 is 0 Å². The Hall–Kier alpha value is -2.10. The van der Waals surface area contributed by atoms with E-state index in [1.807, 2.05) is 24.3 Å². The van der Waals surface area contributed by atoms with E-state index in [9.17, 15) is 4.79 Å². The van der Waals surface area contributed by atoms with E-state index in [-0.39, 0.29) is 5.97 Å². The first-order valence-corrected chi connectivity index (χ1v) is 5.36. The van der Waals surface area contributed by atoms with E-state index in [4.69, 9.17) is 4.74 Å². The summed E-state index contributed by atoms with van der Waals surface area (Å²) in [7, 11) is 1.35. The number of carbonyl (C=O) groups excluding carboxylic acids is 1. The fraction of sp³-hybridized carbons (Fsp3) is 0.231. The number of carbonyl (C=O) groups is 1. The van der Waals surface area contributed by atoms with Crippen LogP contribution in [0.4, 0.5) is 0 Å². The van der Waals surface area contributed by atoms with Crippen LogP contribution in [0, 0.1) is 0 Å². The second kappa shape index (κ2) is 5.30. The highest BCUT2D eigenvalue weighted by Gasteiger charge is 2.15. The highest BCUT2D eigenvalue weighted by molar-refractivity contribution is 5.82. The highest BCUT2D eigenvalue weighted by atomic mass is 16.5. The largest absolute Gasteiger partial charge is 0.466 e. The zero-order chi connectivity index (χ0) is 12.1. The molecule has 2 heterocycles. The molecule has 1 saturated heterocycles. The van der Waals surface area contributed by atoms with Gasteiger partial charge in [-0.1, -0.05) is 6.07 Å². The molecule has 0 saturated carbocycles. The summed E-state index contributed by atoms with van der Waals surface area (Å²) in [4.78, 5) is 15.2. The average Bonchev–Trinajstić information content (AvgIpc) is 2.77. The molecule has 0 amide bonds. The van der Waals surface area contributed by atoms with Crippen LogP contribution in [-0.2, 0) is 14.3 Å². The minimum absolute atomic E-state index is 0.390. The van der Waals surface area contributed by atoms with Crippen LogP contribution in [-0.4, -0.2) is 18.1 Å². The third-order valence-corrected chi connectivity index (χ3v) is 2.36. The fourth-order valence-electron chi connectivity index (χ4n) is 1.54. The molecule has 0 aliphatic carbocycles. The van der Waals surface area contributed by atoms with Crippen molar-refractivity contribution < 1.29 is 14.3 Å². The predicted molar refractivity (Wildman–Crippen MR) is 62.6 cm³/mol. The van der Waals surface area contributed by atoms with E-state index in [1.54, 1.807) is 6.20 Å². The average molecular weight is 231 g/mol. The smallest absolute Gasteiger partial charge is 0.333 e. The Balaban J connectivity index is 2.06. The summed E-state index contributed by atoms with van der Waals surface area (Å²) in [6.07, 6.45) is 6.47. The van der Waals surface area contributed by atoms with Crippen LogP contribution in [0.2, 0.25) is 0 Å². The van der Waals surface area contributed by atoms with Crippen molar-refractivity contribution in [2.45, 2.75) is 12.8 Å². The molecular weight excluding hydrogens is 218 g/mol. The van der Waals surface area contributed by atoms with Gasteiger partial charge < -0.3 is 9.47 Å². The van der Waals surface area contributed by atoms with Gasteiger partial charge in [-0.05, 0) is 12.1 Å². The van der Waals surface area contributed by atoms with Gasteiger partial charge in [0.15, 0.2) is 0 Å². The van der Waals surface area contributed by atoms with Gasteiger partial charge in [0.25, 0.3) is 0 Å². The minimum atomic E-state index is -0.390. The maximum Gasteiger partial charge on any atom is 0.333 e. The molecule has 0 aromatic carbocycles. The monoisotopic (exact) mass is 231 g/mol. The molecule has 1 aliphatic heterocycles. The van der Waals surface area contributed by atoms with Crippen LogP contribution >= 0.6 is 0 Å². The lowest BCUT2D eigenvalue weighted by atomic mass is 10.2. The summed E-state index contributed by atoms with van der Waals surface area (Å²) in [5.41, 5.74) is 0.849. The zero-order valence-electron chi connectivity index (χ0n) is 9.55. The summed E-state index contributed by atoms with van der Waals surface area (Å²) < 4.78 is 10.1. The van der Waals surface area contributed by atoms with Gasteiger partial charge in [-0.3, -0.25) is 4.98 Å². The van der Waals surface area contributed by atoms with Gasteiger partial charge in [-0.25, -0.2) is 4.79 Å². The standard InChI is InChI=1S/C13H13NO3/c1-16-13(15)9-12-6-5-11(17-12)8-10-4-2-3-7-14-10/h2-4,7-9H,5-6H2,1H3/b11-8-,12-9+. The van der Waals surface area contributed by atoms with Crippen molar-refractivity contribution in [3.05, 3.63) is 47.7 Å². The molecule has 2 rings (SSSR count). The van der Waals surface area contributed by atoms with E-state index >= 15 is 0 Å². The highest BCUT2D eigenvalue weighted by Crippen LogP contribution is 2.27. The van der Waals surface area contributed by atoms with E-state index in [0.29, 0.717) is 12.2 Å². The summed E-state index contributed by atoms with van der Waals surface area (Å²) in [5, 5.41) is 0. The third-order valence-electron chi connectivity index (χ3n) is 2.36. The molecule has 4 nitrogen and oxygen atoms in total. The summed E-state index contributed by atoms with van der Waals surface area (Å²) >= 11 is 0. The Labute approximate surface area is 99.6 Å². The molecule has 17 heavy (non-hydrogen) atoms. The van der Waals surface area contributed by atoms with Crippen LogP contribution in [0.15, 0.2) is 42.0 Å². The summed E-state index contributed by atoms with van der Waals surface area (Å²) in [6.45, 7) is 0. The second-order valence-corrected chi connectivity index (χ2v) is 3.60. The van der Waals surface area contributed by atoms with Crippen LogP contribution in [0.25, 0.3) is 6.08 Å². The molecule has 0 atom stereocenters. The molecule has 1 aliphatic rings. The van der Waals surface area contributed by atoms with Gasteiger partial charge in [-0.15, -0.1) is 0 Å². The number of hydrogen-bond acceptors (Lipinski definition) is 4. The van der Waals surface area contributed by atoms with Crippen molar-refractivity contribution in [3.63, 3.8) is 0 Å². The number of methoxy groups -OCH3 is 1. The van der Waals surface area contributed by atoms with Gasteiger partial charge in [0.05, 0.1) is 18.9 Å². The Bertz CT molecular complexity index is 463. The lowest BCUT2D eigenvalue weighted by Gasteiger charge is -1.99. The van der Waals surface area contributed by atoms with Gasteiger partial charge in [0.2, 0.25) is 0 Å². The molecule has 0 unspecified atom stereocenters. The number of hydrogen-bond donors (Lipinski definition) is 0. The predicted octanol–water partition coefficient (Wildman–Crippen LogP) is 2.29. The van der Waals surface area contributed by atoms with Crippen LogP contribution in [0.1, 0.15) is 18.5 Å². The molecular formula is C13H13NO3. The number of allylic oxidation sites excluding steroid dienone is 2.